The van der Waals surface area contributed by atoms with Crippen molar-refractivity contribution in [1.82, 2.24) is 4.98 Å². The number of Topliss-reactive ketones (excluding diaryl/α,β-unsaturated/α-hetero) is 2. The highest BCUT2D eigenvalue weighted by Gasteiger charge is 2.47. The van der Waals surface area contributed by atoms with E-state index < -0.39 is 19.9 Å². The minimum Gasteiger partial charge on any atom is -0.543 e. The molecule has 0 amide bonds. The third-order valence-corrected chi connectivity index (χ3v) is 12.8. The average Bonchev–Trinajstić information content (AvgIpc) is 3.23. The summed E-state index contributed by atoms with van der Waals surface area (Å²) < 4.78 is 6.74. The lowest BCUT2D eigenvalue weighted by molar-refractivity contribution is -0.109. The lowest BCUT2D eigenvalue weighted by Crippen LogP contribution is -2.50. The quantitative estimate of drug-likeness (QED) is 0.252. The zero-order chi connectivity index (χ0) is 23.2. The Labute approximate surface area is 190 Å². The first-order valence-electron chi connectivity index (χ1n) is 11.4. The number of hydrogen-bond acceptors (Lipinski definition) is 3. The van der Waals surface area contributed by atoms with Crippen molar-refractivity contribution >= 4 is 42.4 Å². The molecule has 2 aromatic carbocycles. The van der Waals surface area contributed by atoms with Gasteiger partial charge in [-0.1, -0.05) is 71.9 Å². The molecule has 0 atom stereocenters. The van der Waals surface area contributed by atoms with Crippen LogP contribution in [-0.4, -0.2) is 24.9 Å². The second-order valence-corrected chi connectivity index (χ2v) is 15.0. The van der Waals surface area contributed by atoms with Crippen LogP contribution in [0.15, 0.2) is 48.5 Å². The number of benzene rings is 2. The van der Waals surface area contributed by atoms with Crippen molar-refractivity contribution in [2.75, 3.05) is 0 Å². The van der Waals surface area contributed by atoms with E-state index in [0.29, 0.717) is 33.5 Å². The fraction of sp³-hybridized carbons (Fsp3) is 0.333. The van der Waals surface area contributed by atoms with Crippen molar-refractivity contribution in [3.63, 3.8) is 0 Å². The van der Waals surface area contributed by atoms with Gasteiger partial charge in [-0.25, -0.2) is 0 Å². The number of nitrogens with one attached hydrogen (secondary N) is 1. The molecule has 0 bridgehead atoms. The van der Waals surface area contributed by atoms with E-state index in [2.05, 4.69) is 46.5 Å². The minimum atomic E-state index is -2.03. The molecule has 0 radical (unpaired) electrons. The number of rotatable bonds is 6. The molecule has 1 heterocycles. The molecule has 0 unspecified atom stereocenters. The van der Waals surface area contributed by atoms with Gasteiger partial charge < -0.3 is 9.41 Å². The molecule has 4 rings (SSSR count). The topological polar surface area (TPSA) is 59.2 Å². The first-order valence-corrected chi connectivity index (χ1v) is 13.5. The fourth-order valence-electron chi connectivity index (χ4n) is 5.42. The Kier molecular flexibility index (Phi) is 5.71. The molecule has 4 nitrogen and oxygen atoms in total. The maximum absolute atomic E-state index is 12.7. The molecular formula is C27H31NO3Si. The third kappa shape index (κ3) is 3.45. The summed E-state index contributed by atoms with van der Waals surface area (Å²) in [4.78, 5) is 28.6. The molecule has 0 saturated heterocycles. The van der Waals surface area contributed by atoms with Crippen molar-refractivity contribution in [2.24, 2.45) is 0 Å². The van der Waals surface area contributed by atoms with Crippen LogP contribution >= 0.6 is 0 Å². The summed E-state index contributed by atoms with van der Waals surface area (Å²) in [5.41, 5.74) is 4.73. The van der Waals surface area contributed by atoms with Crippen LogP contribution in [0.3, 0.4) is 0 Å². The molecule has 1 N–H and O–H groups in total. The van der Waals surface area contributed by atoms with Gasteiger partial charge >= 0.3 is 0 Å². The second kappa shape index (κ2) is 8.21. The standard InChI is InChI=1S/C27H31NO3Si/c1-16(2)32(17(3)4,18(5)6)31-20-13-11-19(12-14-20)15-22-25-24(27(30)26(22)29)21-9-7-8-10-23(21)28-25/h7-18,28H,1-6H3/b22-15+. The number of H-pyrrole nitrogens is 1. The summed E-state index contributed by atoms with van der Waals surface area (Å²) in [6.45, 7) is 13.6. The number of ketones is 2. The smallest absolute Gasteiger partial charge is 0.258 e. The summed E-state index contributed by atoms with van der Waals surface area (Å²) in [7, 11) is -2.03. The maximum Gasteiger partial charge on any atom is 0.258 e. The molecule has 32 heavy (non-hydrogen) atoms. The third-order valence-electron chi connectivity index (χ3n) is 6.85. The van der Waals surface area contributed by atoms with E-state index in [9.17, 15) is 9.59 Å². The number of aromatic nitrogens is 1. The Balaban J connectivity index is 1.68. The van der Waals surface area contributed by atoms with E-state index in [4.69, 9.17) is 4.43 Å². The van der Waals surface area contributed by atoms with Crippen molar-refractivity contribution in [1.29, 1.82) is 0 Å². The van der Waals surface area contributed by atoms with E-state index in [1.807, 2.05) is 48.5 Å². The van der Waals surface area contributed by atoms with Gasteiger partial charge in [0.15, 0.2) is 0 Å². The van der Waals surface area contributed by atoms with Gasteiger partial charge in [0.05, 0.1) is 16.8 Å². The van der Waals surface area contributed by atoms with Crippen molar-refractivity contribution in [3.05, 3.63) is 65.4 Å². The summed E-state index contributed by atoms with van der Waals surface area (Å²) in [6, 6.07) is 15.5. The van der Waals surface area contributed by atoms with Gasteiger partial charge in [0, 0.05) is 10.9 Å². The number of para-hydroxylation sites is 1. The van der Waals surface area contributed by atoms with E-state index in [0.717, 1.165) is 22.2 Å². The zero-order valence-electron chi connectivity index (χ0n) is 19.7. The van der Waals surface area contributed by atoms with Crippen LogP contribution in [0.4, 0.5) is 0 Å². The zero-order valence-corrected chi connectivity index (χ0v) is 20.7. The Bertz CT molecular complexity index is 1190. The Hall–Kier alpha value is -2.92. The first kappa shape index (κ1) is 22.3. The molecule has 0 fully saturated rings. The highest BCUT2D eigenvalue weighted by Crippen LogP contribution is 2.43. The van der Waals surface area contributed by atoms with Crippen LogP contribution in [0.5, 0.6) is 5.75 Å². The van der Waals surface area contributed by atoms with E-state index in [1.165, 1.54) is 0 Å². The fourth-order valence-corrected chi connectivity index (χ4v) is 10.7. The SMILES string of the molecule is CC(C)[Si](Oc1ccc(/C=C2/C(=O)C(=O)c3c2[nH]c2ccccc32)cc1)(C(C)C)C(C)C. The van der Waals surface area contributed by atoms with Crippen molar-refractivity contribution in [2.45, 2.75) is 58.2 Å². The normalized spacial score (nSPS) is 15.6. The molecular weight excluding hydrogens is 414 g/mol. The molecule has 166 valence electrons. The van der Waals surface area contributed by atoms with E-state index >= 15 is 0 Å². The van der Waals surface area contributed by atoms with Gasteiger partial charge in [0.1, 0.15) is 5.75 Å². The molecule has 1 aliphatic rings. The predicted molar refractivity (Wildman–Crippen MR) is 134 cm³/mol. The second-order valence-electron chi connectivity index (χ2n) is 9.63. The van der Waals surface area contributed by atoms with Crippen LogP contribution in [0, 0.1) is 0 Å². The molecule has 5 heteroatoms. The minimum absolute atomic E-state index is 0.421. The maximum atomic E-state index is 12.7. The van der Waals surface area contributed by atoms with Crippen molar-refractivity contribution in [3.8, 4) is 5.75 Å². The van der Waals surface area contributed by atoms with Crippen LogP contribution in [0.25, 0.3) is 22.6 Å². The van der Waals surface area contributed by atoms with Crippen LogP contribution < -0.4 is 4.43 Å². The number of fused-ring (bicyclic) bond motifs is 3. The van der Waals surface area contributed by atoms with Gasteiger partial charge in [-0.15, -0.1) is 0 Å². The van der Waals surface area contributed by atoms with Gasteiger partial charge in [0.25, 0.3) is 8.32 Å². The highest BCUT2D eigenvalue weighted by atomic mass is 28.4. The summed E-state index contributed by atoms with van der Waals surface area (Å²) in [6.07, 6.45) is 1.79. The molecule has 0 aliphatic heterocycles. The Morgan fingerprint density at radius 1 is 0.812 bits per heavy atom. The molecule has 0 spiro atoms. The van der Waals surface area contributed by atoms with E-state index in [1.54, 1.807) is 6.08 Å². The van der Waals surface area contributed by atoms with Gasteiger partial charge in [-0.05, 0) is 46.5 Å². The number of carbonyl (C=O) groups excluding carboxylic acids is 2. The summed E-state index contributed by atoms with van der Waals surface area (Å²) >= 11 is 0. The lowest BCUT2D eigenvalue weighted by atomic mass is 10.1. The Morgan fingerprint density at radius 3 is 2.00 bits per heavy atom. The number of hydrogen-bond donors (Lipinski definition) is 1. The summed E-state index contributed by atoms with van der Waals surface area (Å²) in [5, 5.41) is 0.797. The van der Waals surface area contributed by atoms with Crippen LogP contribution in [0.1, 0.15) is 63.2 Å². The number of aromatic amines is 1. The summed E-state index contributed by atoms with van der Waals surface area (Å²) in [5.74, 6) is -0.0246. The predicted octanol–water partition coefficient (Wildman–Crippen LogP) is 7.03. The van der Waals surface area contributed by atoms with Gasteiger partial charge in [-0.2, -0.15) is 0 Å². The monoisotopic (exact) mass is 445 g/mol. The van der Waals surface area contributed by atoms with Gasteiger partial charge in [0.2, 0.25) is 11.6 Å². The van der Waals surface area contributed by atoms with Crippen molar-refractivity contribution < 1.29 is 14.0 Å². The van der Waals surface area contributed by atoms with Crippen LogP contribution in [0.2, 0.25) is 16.6 Å². The highest BCUT2D eigenvalue weighted by molar-refractivity contribution is 6.78. The molecule has 1 aromatic heterocycles. The average molecular weight is 446 g/mol. The first-order chi connectivity index (χ1) is 15.2. The molecule has 1 aliphatic carbocycles. The number of allylic oxidation sites excluding steroid dienone is 1. The largest absolute Gasteiger partial charge is 0.543 e. The van der Waals surface area contributed by atoms with Crippen LogP contribution in [-0.2, 0) is 4.79 Å². The molecule has 3 aromatic rings. The van der Waals surface area contributed by atoms with Gasteiger partial charge in [-0.3, -0.25) is 9.59 Å². The Morgan fingerprint density at radius 2 is 1.41 bits per heavy atom. The molecule has 0 saturated carbocycles. The lowest BCUT2D eigenvalue weighted by Gasteiger charge is -2.42. The van der Waals surface area contributed by atoms with E-state index in [-0.39, 0.29) is 0 Å². The number of carbonyl (C=O) groups is 2.